The van der Waals surface area contributed by atoms with Crippen LogP contribution in [0.5, 0.6) is 0 Å². The molecule has 9 nitrogen and oxygen atoms in total. The SMILES string of the molecule is CCOP(=O)(OCC)C(CCC(=O)c1ccc(N2CCOCC2)cc1)P(=O)(OCC)OCC. The summed E-state index contributed by atoms with van der Waals surface area (Å²) >= 11 is 0. The number of rotatable bonds is 15. The third-order valence-corrected chi connectivity index (χ3v) is 11.3. The first-order valence-electron chi connectivity index (χ1n) is 11.6. The first kappa shape index (κ1) is 28.2. The highest BCUT2D eigenvalue weighted by Gasteiger charge is 2.50. The van der Waals surface area contributed by atoms with Crippen molar-refractivity contribution >= 4 is 26.7 Å². The fourth-order valence-electron chi connectivity index (χ4n) is 3.71. The van der Waals surface area contributed by atoms with Crippen molar-refractivity contribution in [2.45, 2.75) is 45.9 Å². The Morgan fingerprint density at radius 2 is 1.33 bits per heavy atom. The largest absolute Gasteiger partial charge is 0.378 e. The van der Waals surface area contributed by atoms with Crippen LogP contribution in [0.25, 0.3) is 0 Å². The Balaban J connectivity index is 2.20. The molecule has 0 unspecified atom stereocenters. The Labute approximate surface area is 197 Å². The van der Waals surface area contributed by atoms with Gasteiger partial charge in [0.05, 0.1) is 39.6 Å². The van der Waals surface area contributed by atoms with Gasteiger partial charge >= 0.3 is 15.2 Å². The smallest absolute Gasteiger partial charge is 0.345 e. The van der Waals surface area contributed by atoms with E-state index in [0.29, 0.717) is 18.8 Å². The third-order valence-electron chi connectivity index (χ3n) is 5.16. The summed E-state index contributed by atoms with van der Waals surface area (Å²) in [4.78, 5) is 15.1. The molecule has 0 bridgehead atoms. The van der Waals surface area contributed by atoms with E-state index >= 15 is 0 Å². The predicted molar refractivity (Wildman–Crippen MR) is 129 cm³/mol. The summed E-state index contributed by atoms with van der Waals surface area (Å²) in [6.45, 7) is 10.1. The molecule has 1 aromatic rings. The molecule has 1 fully saturated rings. The van der Waals surface area contributed by atoms with Gasteiger partial charge < -0.3 is 27.7 Å². The third kappa shape index (κ3) is 7.72. The Bertz CT molecular complexity index is 776. The van der Waals surface area contributed by atoms with Crippen LogP contribution >= 0.6 is 15.2 Å². The van der Waals surface area contributed by atoms with Gasteiger partial charge in [-0.3, -0.25) is 13.9 Å². The summed E-state index contributed by atoms with van der Waals surface area (Å²) in [7, 11) is -7.74. The zero-order valence-corrected chi connectivity index (χ0v) is 21.9. The van der Waals surface area contributed by atoms with Crippen molar-refractivity contribution in [1.82, 2.24) is 0 Å². The maximum Gasteiger partial charge on any atom is 0.345 e. The zero-order valence-electron chi connectivity index (χ0n) is 20.1. The van der Waals surface area contributed by atoms with Crippen LogP contribution in [-0.4, -0.2) is 63.9 Å². The summed E-state index contributed by atoms with van der Waals surface area (Å²) in [5.41, 5.74) is 1.55. The second-order valence-corrected chi connectivity index (χ2v) is 12.2. The van der Waals surface area contributed by atoms with Crippen LogP contribution in [0.3, 0.4) is 0 Å². The summed E-state index contributed by atoms with van der Waals surface area (Å²) in [6, 6.07) is 7.37. The van der Waals surface area contributed by atoms with Gasteiger partial charge in [0.2, 0.25) is 0 Å². The topological polar surface area (TPSA) is 101 Å². The molecule has 33 heavy (non-hydrogen) atoms. The lowest BCUT2D eigenvalue weighted by molar-refractivity contribution is 0.0979. The number of hydrogen-bond acceptors (Lipinski definition) is 9. The lowest BCUT2D eigenvalue weighted by atomic mass is 10.1. The maximum absolute atomic E-state index is 13.6. The Morgan fingerprint density at radius 1 is 0.879 bits per heavy atom. The average Bonchev–Trinajstić information content (AvgIpc) is 2.80. The highest BCUT2D eigenvalue weighted by Crippen LogP contribution is 2.71. The molecule has 0 aliphatic carbocycles. The van der Waals surface area contributed by atoms with E-state index in [0.717, 1.165) is 18.8 Å². The van der Waals surface area contributed by atoms with Gasteiger partial charge in [0.15, 0.2) is 11.2 Å². The zero-order chi connectivity index (χ0) is 24.3. The predicted octanol–water partition coefficient (Wildman–Crippen LogP) is 5.34. The van der Waals surface area contributed by atoms with Crippen LogP contribution < -0.4 is 4.90 Å². The van der Waals surface area contributed by atoms with Crippen molar-refractivity contribution in [3.63, 3.8) is 0 Å². The molecule has 1 saturated heterocycles. The van der Waals surface area contributed by atoms with Crippen molar-refractivity contribution in [1.29, 1.82) is 0 Å². The Hall–Kier alpha value is -1.05. The van der Waals surface area contributed by atoms with Crippen molar-refractivity contribution in [2.24, 2.45) is 0 Å². The Kier molecular flexibility index (Phi) is 11.7. The van der Waals surface area contributed by atoms with Crippen LogP contribution in [0, 0.1) is 0 Å². The van der Waals surface area contributed by atoms with Crippen LogP contribution in [0.4, 0.5) is 5.69 Å². The van der Waals surface area contributed by atoms with Gasteiger partial charge in [0.25, 0.3) is 0 Å². The summed E-state index contributed by atoms with van der Waals surface area (Å²) in [5, 5.41) is -1.19. The highest BCUT2D eigenvalue weighted by molar-refractivity contribution is 7.72. The molecule has 0 spiro atoms. The van der Waals surface area contributed by atoms with Crippen molar-refractivity contribution in [3.05, 3.63) is 29.8 Å². The van der Waals surface area contributed by atoms with Crippen molar-refractivity contribution in [2.75, 3.05) is 57.6 Å². The molecule has 0 atom stereocenters. The van der Waals surface area contributed by atoms with Gasteiger partial charge in [-0.1, -0.05) is 0 Å². The molecule has 0 aromatic heterocycles. The summed E-state index contributed by atoms with van der Waals surface area (Å²) in [5.74, 6) is -0.160. The standard InChI is InChI=1S/C22H37NO8P2/c1-5-28-32(25,29-6-2)22(33(26,30-7-3)31-8-4)14-13-21(24)19-9-11-20(12-10-19)23-15-17-27-18-16-23/h9-12,22H,5-8,13-18H2,1-4H3. The molecule has 0 saturated carbocycles. The molecule has 1 heterocycles. The van der Waals surface area contributed by atoms with E-state index < -0.39 is 20.6 Å². The van der Waals surface area contributed by atoms with E-state index in [1.807, 2.05) is 12.1 Å². The number of carbonyl (C=O) groups excluding carboxylic acids is 1. The van der Waals surface area contributed by atoms with Gasteiger partial charge in [-0.25, -0.2) is 0 Å². The van der Waals surface area contributed by atoms with E-state index in [1.54, 1.807) is 39.8 Å². The van der Waals surface area contributed by atoms with Crippen LogP contribution in [0.1, 0.15) is 50.9 Å². The van der Waals surface area contributed by atoms with Crippen LogP contribution in [0.15, 0.2) is 24.3 Å². The van der Waals surface area contributed by atoms with Crippen molar-refractivity contribution < 1.29 is 36.8 Å². The first-order valence-corrected chi connectivity index (χ1v) is 14.8. The van der Waals surface area contributed by atoms with Gasteiger partial charge in [0.1, 0.15) is 0 Å². The maximum atomic E-state index is 13.6. The number of hydrogen-bond donors (Lipinski definition) is 0. The number of ether oxygens (including phenoxy) is 1. The number of morpholine rings is 1. The average molecular weight is 505 g/mol. The van der Waals surface area contributed by atoms with Crippen molar-refractivity contribution in [3.8, 4) is 0 Å². The van der Waals surface area contributed by atoms with E-state index in [-0.39, 0.29) is 45.1 Å². The lowest BCUT2D eigenvalue weighted by Crippen LogP contribution is -2.36. The molecule has 1 aliphatic heterocycles. The minimum absolute atomic E-state index is 0.00412. The van der Waals surface area contributed by atoms with E-state index in [1.165, 1.54) is 0 Å². The quantitative estimate of drug-likeness (QED) is 0.231. The number of benzene rings is 1. The van der Waals surface area contributed by atoms with Crippen LogP contribution in [-0.2, 0) is 32.0 Å². The molecule has 1 aliphatic rings. The monoisotopic (exact) mass is 505 g/mol. The summed E-state index contributed by atoms with van der Waals surface area (Å²) in [6.07, 6.45) is -0.0194. The number of nitrogens with zero attached hydrogens (tertiary/aromatic N) is 1. The second kappa shape index (κ2) is 13.7. The minimum atomic E-state index is -3.87. The lowest BCUT2D eigenvalue weighted by Gasteiger charge is -2.31. The van der Waals surface area contributed by atoms with Gasteiger partial charge in [-0.05, 0) is 58.4 Å². The first-order chi connectivity index (χ1) is 15.8. The fraction of sp³-hybridized carbons (Fsp3) is 0.682. The van der Waals surface area contributed by atoms with Gasteiger partial charge in [-0.2, -0.15) is 0 Å². The number of Topliss-reactive ketones (excluding diaryl/α,β-unsaturated/α-hetero) is 1. The normalized spacial score (nSPS) is 15.2. The number of ketones is 1. The molecule has 0 N–H and O–H groups in total. The van der Waals surface area contributed by atoms with Crippen LogP contribution in [0.2, 0.25) is 0 Å². The molecule has 188 valence electrons. The molecule has 0 amide bonds. The molecule has 11 heteroatoms. The minimum Gasteiger partial charge on any atom is -0.378 e. The fourth-order valence-corrected chi connectivity index (χ4v) is 9.07. The van der Waals surface area contributed by atoms with E-state index in [9.17, 15) is 13.9 Å². The van der Waals surface area contributed by atoms with Gasteiger partial charge in [0, 0.05) is 30.8 Å². The van der Waals surface area contributed by atoms with E-state index in [4.69, 9.17) is 22.8 Å². The summed E-state index contributed by atoms with van der Waals surface area (Å²) < 4.78 is 54.4. The molecule has 2 rings (SSSR count). The molecule has 1 aromatic carbocycles. The molecular weight excluding hydrogens is 468 g/mol. The van der Waals surface area contributed by atoms with Gasteiger partial charge in [-0.15, -0.1) is 0 Å². The number of carbonyl (C=O) groups is 1. The number of anilines is 1. The molecular formula is C22H37NO8P2. The highest BCUT2D eigenvalue weighted by atomic mass is 31.2. The molecule has 0 radical (unpaired) electrons. The second-order valence-electron chi connectivity index (χ2n) is 7.34. The van der Waals surface area contributed by atoms with E-state index in [2.05, 4.69) is 4.90 Å². The Morgan fingerprint density at radius 3 is 1.76 bits per heavy atom.